The second-order valence-electron chi connectivity index (χ2n) is 6.32. The first-order valence-electron chi connectivity index (χ1n) is 8.26. The van der Waals surface area contributed by atoms with Crippen molar-refractivity contribution in [1.82, 2.24) is 4.90 Å². The van der Waals surface area contributed by atoms with Gasteiger partial charge in [0.05, 0.1) is 23.6 Å². The second-order valence-corrected chi connectivity index (χ2v) is 6.32. The number of benzene rings is 2. The van der Waals surface area contributed by atoms with E-state index in [4.69, 9.17) is 4.42 Å². The van der Waals surface area contributed by atoms with Gasteiger partial charge in [-0.05, 0) is 25.1 Å². The van der Waals surface area contributed by atoms with Gasteiger partial charge in [-0.1, -0.05) is 29.8 Å². The molecule has 1 aliphatic rings. The fourth-order valence-corrected chi connectivity index (χ4v) is 3.49. The summed E-state index contributed by atoms with van der Waals surface area (Å²) in [6.07, 6.45) is 0. The molecule has 1 unspecified atom stereocenters. The SMILES string of the molecule is Cc1ccc2oc3c(c(=O)c2c1)C(c1ccccc1F)N(CCO)C3=O. The number of aliphatic hydroxyl groups is 1. The molecule has 1 aliphatic heterocycles. The van der Waals surface area contributed by atoms with Gasteiger partial charge in [-0.25, -0.2) is 4.39 Å². The maximum atomic E-state index is 14.5. The molecule has 1 atom stereocenters. The lowest BCUT2D eigenvalue weighted by Crippen LogP contribution is -2.32. The van der Waals surface area contributed by atoms with Crippen LogP contribution in [0.3, 0.4) is 0 Å². The quantitative estimate of drug-likeness (QED) is 0.786. The third-order valence-corrected chi connectivity index (χ3v) is 4.66. The molecule has 5 nitrogen and oxygen atoms in total. The van der Waals surface area contributed by atoms with Crippen LogP contribution < -0.4 is 5.43 Å². The summed E-state index contributed by atoms with van der Waals surface area (Å²) in [4.78, 5) is 27.2. The average Bonchev–Trinajstić information content (AvgIpc) is 2.89. The van der Waals surface area contributed by atoms with Crippen LogP contribution in [0.4, 0.5) is 4.39 Å². The molecule has 132 valence electrons. The summed E-state index contributed by atoms with van der Waals surface area (Å²) >= 11 is 0. The lowest BCUT2D eigenvalue weighted by Gasteiger charge is -2.24. The van der Waals surface area contributed by atoms with Crippen LogP contribution in [0.1, 0.15) is 33.3 Å². The fraction of sp³-hybridized carbons (Fsp3) is 0.200. The summed E-state index contributed by atoms with van der Waals surface area (Å²) in [6, 6.07) is 10.2. The molecule has 2 heterocycles. The number of amides is 1. The van der Waals surface area contributed by atoms with Crippen molar-refractivity contribution in [3.05, 3.63) is 81.0 Å². The van der Waals surface area contributed by atoms with Crippen LogP contribution in [0.25, 0.3) is 11.0 Å². The molecule has 1 N–H and O–H groups in total. The van der Waals surface area contributed by atoms with Crippen LogP contribution in [0.2, 0.25) is 0 Å². The Hall–Kier alpha value is -2.99. The summed E-state index contributed by atoms with van der Waals surface area (Å²) in [7, 11) is 0. The number of carbonyl (C=O) groups is 1. The van der Waals surface area contributed by atoms with E-state index in [1.54, 1.807) is 30.3 Å². The van der Waals surface area contributed by atoms with Crippen molar-refractivity contribution in [3.63, 3.8) is 0 Å². The van der Waals surface area contributed by atoms with Gasteiger partial charge in [0.1, 0.15) is 11.4 Å². The molecule has 26 heavy (non-hydrogen) atoms. The van der Waals surface area contributed by atoms with Gasteiger partial charge >= 0.3 is 0 Å². The first kappa shape index (κ1) is 16.5. The second kappa shape index (κ2) is 6.07. The molecule has 0 radical (unpaired) electrons. The van der Waals surface area contributed by atoms with E-state index >= 15 is 0 Å². The first-order chi connectivity index (χ1) is 12.5. The van der Waals surface area contributed by atoms with Crippen molar-refractivity contribution in [2.75, 3.05) is 13.2 Å². The number of fused-ring (bicyclic) bond motifs is 2. The van der Waals surface area contributed by atoms with E-state index in [-0.39, 0.29) is 35.5 Å². The summed E-state index contributed by atoms with van der Waals surface area (Å²) in [6.45, 7) is 1.51. The van der Waals surface area contributed by atoms with Gasteiger partial charge in [-0.15, -0.1) is 0 Å². The average molecular weight is 353 g/mol. The highest BCUT2D eigenvalue weighted by atomic mass is 19.1. The van der Waals surface area contributed by atoms with Crippen molar-refractivity contribution in [1.29, 1.82) is 0 Å². The number of halogens is 1. The summed E-state index contributed by atoms with van der Waals surface area (Å²) in [5.74, 6) is -1.14. The van der Waals surface area contributed by atoms with Crippen molar-refractivity contribution in [2.24, 2.45) is 0 Å². The number of β-amino-alcohol motifs (C(OH)–C–C–N with tert-alkyl or cyclic N) is 1. The predicted octanol–water partition coefficient (Wildman–Crippen LogP) is 2.78. The zero-order valence-electron chi connectivity index (χ0n) is 14.0. The topological polar surface area (TPSA) is 70.8 Å². The maximum Gasteiger partial charge on any atom is 0.290 e. The highest BCUT2D eigenvalue weighted by Gasteiger charge is 2.43. The Morgan fingerprint density at radius 3 is 2.69 bits per heavy atom. The molecule has 0 spiro atoms. The van der Waals surface area contributed by atoms with Gasteiger partial charge in [0, 0.05) is 12.1 Å². The minimum atomic E-state index is -0.924. The van der Waals surface area contributed by atoms with Gasteiger partial charge in [0.2, 0.25) is 5.76 Å². The first-order valence-corrected chi connectivity index (χ1v) is 8.26. The van der Waals surface area contributed by atoms with Crippen molar-refractivity contribution < 1.29 is 18.7 Å². The minimum absolute atomic E-state index is 0.0309. The molecule has 0 bridgehead atoms. The van der Waals surface area contributed by atoms with Gasteiger partial charge in [-0.3, -0.25) is 9.59 Å². The van der Waals surface area contributed by atoms with E-state index in [2.05, 4.69) is 0 Å². The summed E-state index contributed by atoms with van der Waals surface area (Å²) in [5, 5.41) is 9.71. The highest BCUT2D eigenvalue weighted by Crippen LogP contribution is 2.38. The zero-order valence-corrected chi connectivity index (χ0v) is 14.0. The molecule has 0 saturated carbocycles. The van der Waals surface area contributed by atoms with Gasteiger partial charge in [-0.2, -0.15) is 0 Å². The third kappa shape index (κ3) is 2.34. The van der Waals surface area contributed by atoms with Crippen LogP contribution in [-0.2, 0) is 0 Å². The Balaban J connectivity index is 2.05. The van der Waals surface area contributed by atoms with Crippen LogP contribution in [0, 0.1) is 12.7 Å². The number of hydrogen-bond donors (Lipinski definition) is 1. The lowest BCUT2D eigenvalue weighted by molar-refractivity contribution is 0.0689. The Morgan fingerprint density at radius 1 is 1.19 bits per heavy atom. The minimum Gasteiger partial charge on any atom is -0.450 e. The number of rotatable bonds is 3. The van der Waals surface area contributed by atoms with Crippen LogP contribution in [0.15, 0.2) is 51.7 Å². The van der Waals surface area contributed by atoms with E-state index in [9.17, 15) is 19.1 Å². The molecular formula is C20H16FNO4. The Kier molecular flexibility index (Phi) is 3.85. The zero-order chi connectivity index (χ0) is 18.4. The molecule has 1 aromatic heterocycles. The number of carbonyl (C=O) groups excluding carboxylic acids is 1. The maximum absolute atomic E-state index is 14.5. The molecule has 0 aliphatic carbocycles. The van der Waals surface area contributed by atoms with E-state index in [1.807, 2.05) is 6.92 Å². The van der Waals surface area contributed by atoms with Gasteiger partial charge < -0.3 is 14.4 Å². The van der Waals surface area contributed by atoms with E-state index in [0.717, 1.165) is 5.56 Å². The lowest BCUT2D eigenvalue weighted by atomic mass is 9.98. The monoisotopic (exact) mass is 353 g/mol. The van der Waals surface area contributed by atoms with E-state index in [1.165, 1.54) is 17.0 Å². The van der Waals surface area contributed by atoms with Crippen LogP contribution in [-0.4, -0.2) is 29.1 Å². The van der Waals surface area contributed by atoms with Crippen molar-refractivity contribution >= 4 is 16.9 Å². The van der Waals surface area contributed by atoms with E-state index < -0.39 is 17.8 Å². The number of hydrogen-bond acceptors (Lipinski definition) is 4. The smallest absolute Gasteiger partial charge is 0.290 e. The summed E-state index contributed by atoms with van der Waals surface area (Å²) < 4.78 is 20.2. The summed E-state index contributed by atoms with van der Waals surface area (Å²) in [5.41, 5.74) is 1.15. The van der Waals surface area contributed by atoms with Crippen molar-refractivity contribution in [2.45, 2.75) is 13.0 Å². The predicted molar refractivity (Wildman–Crippen MR) is 93.6 cm³/mol. The largest absolute Gasteiger partial charge is 0.450 e. The molecule has 6 heteroatoms. The Morgan fingerprint density at radius 2 is 1.96 bits per heavy atom. The molecule has 4 rings (SSSR count). The third-order valence-electron chi connectivity index (χ3n) is 4.66. The highest BCUT2D eigenvalue weighted by molar-refractivity contribution is 5.99. The Labute approximate surface area is 148 Å². The van der Waals surface area contributed by atoms with Crippen LogP contribution >= 0.6 is 0 Å². The molecular weight excluding hydrogens is 337 g/mol. The van der Waals surface area contributed by atoms with E-state index in [0.29, 0.717) is 11.0 Å². The molecule has 0 saturated heterocycles. The molecule has 1 amide bonds. The number of aryl methyl sites for hydroxylation is 1. The normalized spacial score (nSPS) is 16.3. The number of nitrogens with zero attached hydrogens (tertiary/aromatic N) is 1. The van der Waals surface area contributed by atoms with Gasteiger partial charge in [0.25, 0.3) is 5.91 Å². The number of aliphatic hydroxyl groups excluding tert-OH is 1. The van der Waals surface area contributed by atoms with Gasteiger partial charge in [0.15, 0.2) is 5.43 Å². The Bertz CT molecular complexity index is 1090. The molecule has 3 aromatic rings. The van der Waals surface area contributed by atoms with Crippen LogP contribution in [0.5, 0.6) is 0 Å². The fourth-order valence-electron chi connectivity index (χ4n) is 3.49. The van der Waals surface area contributed by atoms with Crippen molar-refractivity contribution in [3.8, 4) is 0 Å². The molecule has 2 aromatic carbocycles. The molecule has 0 fully saturated rings. The standard InChI is InChI=1S/C20H16FNO4/c1-11-6-7-15-13(10-11)18(24)16-17(12-4-2-3-5-14(12)21)22(8-9-23)20(25)19(16)26-15/h2-7,10,17,23H,8-9H2,1H3.